The van der Waals surface area contributed by atoms with E-state index in [2.05, 4.69) is 5.32 Å². The zero-order valence-electron chi connectivity index (χ0n) is 19.3. The van der Waals surface area contributed by atoms with E-state index in [9.17, 15) is 32.4 Å². The molecule has 0 saturated carbocycles. The molecule has 196 valence electrons. The molecule has 2 aromatic carbocycles. The number of nitrogens with one attached hydrogen (secondary N) is 1. The number of carbonyl (C=O) groups excluding carboxylic acids is 4. The van der Waals surface area contributed by atoms with Gasteiger partial charge in [0, 0.05) is 16.5 Å². The van der Waals surface area contributed by atoms with E-state index in [0.29, 0.717) is 20.4 Å². The van der Waals surface area contributed by atoms with E-state index >= 15 is 0 Å². The Labute approximate surface area is 223 Å². The van der Waals surface area contributed by atoms with Crippen LogP contribution in [-0.2, 0) is 31.0 Å². The fourth-order valence-electron chi connectivity index (χ4n) is 4.56. The first-order chi connectivity index (χ1) is 18.0. The number of thioether (sulfide) groups is 1. The van der Waals surface area contributed by atoms with Crippen molar-refractivity contribution in [1.82, 2.24) is 9.47 Å². The third-order valence-electron chi connectivity index (χ3n) is 6.20. The molecule has 3 aromatic rings. The van der Waals surface area contributed by atoms with Gasteiger partial charge in [-0.05, 0) is 29.8 Å². The molecule has 38 heavy (non-hydrogen) atoms. The summed E-state index contributed by atoms with van der Waals surface area (Å²) in [4.78, 5) is 64.3. The molecule has 5 N–H and O–H groups in total. The quantitative estimate of drug-likeness (QED) is 0.374. The van der Waals surface area contributed by atoms with E-state index < -0.39 is 62.3 Å². The molecule has 0 radical (unpaired) electrons. The monoisotopic (exact) mass is 573 g/mol. The fourth-order valence-corrected chi connectivity index (χ4v) is 7.85. The highest BCUT2D eigenvalue weighted by Gasteiger charge is 2.57. The molecule has 15 heteroatoms. The summed E-state index contributed by atoms with van der Waals surface area (Å²) in [6.07, 6.45) is 0. The number of sulfonamides is 1. The van der Waals surface area contributed by atoms with Crippen LogP contribution in [0.3, 0.4) is 0 Å². The van der Waals surface area contributed by atoms with Gasteiger partial charge in [-0.2, -0.15) is 4.90 Å². The van der Waals surface area contributed by atoms with Crippen LogP contribution in [0.5, 0.6) is 0 Å². The highest BCUT2D eigenvalue weighted by Crippen LogP contribution is 2.53. The number of thiazole rings is 1. The summed E-state index contributed by atoms with van der Waals surface area (Å²) < 4.78 is 24.1. The summed E-state index contributed by atoms with van der Waals surface area (Å²) in [7, 11) is -3.90. The summed E-state index contributed by atoms with van der Waals surface area (Å²) in [6, 6.07) is 12.8. The second-order valence-corrected chi connectivity index (χ2v) is 12.2. The summed E-state index contributed by atoms with van der Waals surface area (Å²) in [6.45, 7) is -0.408. The van der Waals surface area contributed by atoms with Crippen molar-refractivity contribution < 1.29 is 27.6 Å². The first-order valence-electron chi connectivity index (χ1n) is 11.0. The third-order valence-corrected chi connectivity index (χ3v) is 9.73. The van der Waals surface area contributed by atoms with Crippen LogP contribution in [0.15, 0.2) is 69.3 Å². The molecule has 1 aromatic heterocycles. The molecular weight excluding hydrogens is 554 g/mol. The minimum Gasteiger partial charge on any atom is -0.351 e. The summed E-state index contributed by atoms with van der Waals surface area (Å²) in [5.41, 5.74) is 6.27. The lowest BCUT2D eigenvalue weighted by atomic mass is 9.83. The van der Waals surface area contributed by atoms with Gasteiger partial charge in [-0.1, -0.05) is 53.4 Å². The molecule has 2 aliphatic heterocycles. The van der Waals surface area contributed by atoms with Crippen LogP contribution in [0, 0.1) is 5.92 Å². The van der Waals surface area contributed by atoms with Gasteiger partial charge < -0.3 is 11.1 Å². The van der Waals surface area contributed by atoms with E-state index in [1.54, 1.807) is 30.3 Å². The smallest absolute Gasteiger partial charge is 0.328 e. The van der Waals surface area contributed by atoms with Crippen LogP contribution in [-0.4, -0.2) is 46.9 Å². The number of hydrogen-bond donors (Lipinski definition) is 3. The number of nitrogens with two attached hydrogens (primary N) is 2. The molecule has 1 fully saturated rings. The Morgan fingerprint density at radius 3 is 2.24 bits per heavy atom. The van der Waals surface area contributed by atoms with Gasteiger partial charge in [0.1, 0.15) is 11.8 Å². The number of carbonyl (C=O) groups is 4. The number of hydrogen-bond acceptors (Lipinski definition) is 9. The number of urea groups is 1. The van der Waals surface area contributed by atoms with E-state index in [1.807, 2.05) is 0 Å². The molecule has 5 amide bonds. The Kier molecular flexibility index (Phi) is 6.46. The van der Waals surface area contributed by atoms with Crippen molar-refractivity contribution in [3.63, 3.8) is 0 Å². The minimum absolute atomic E-state index is 0.127. The number of amides is 5. The minimum atomic E-state index is -3.90. The second kappa shape index (κ2) is 9.50. The van der Waals surface area contributed by atoms with Gasteiger partial charge in [0.15, 0.2) is 0 Å². The summed E-state index contributed by atoms with van der Waals surface area (Å²) in [5, 5.41) is 7.01. The molecule has 3 heterocycles. The lowest BCUT2D eigenvalue weighted by molar-refractivity contribution is -0.135. The van der Waals surface area contributed by atoms with Crippen LogP contribution in [0.1, 0.15) is 16.4 Å². The van der Waals surface area contributed by atoms with E-state index in [1.165, 1.54) is 28.8 Å². The van der Waals surface area contributed by atoms with Crippen molar-refractivity contribution in [1.29, 1.82) is 0 Å². The van der Waals surface area contributed by atoms with Crippen LogP contribution in [0.4, 0.5) is 10.5 Å². The Morgan fingerprint density at radius 1 is 0.974 bits per heavy atom. The first kappa shape index (κ1) is 25.8. The predicted octanol–water partition coefficient (Wildman–Crippen LogP) is 0.866. The molecule has 0 spiro atoms. The number of primary amides is 1. The molecule has 2 aliphatic rings. The van der Waals surface area contributed by atoms with Gasteiger partial charge in [0.2, 0.25) is 21.8 Å². The average Bonchev–Trinajstić information content (AvgIpc) is 3.30. The van der Waals surface area contributed by atoms with E-state index in [0.717, 1.165) is 23.1 Å². The van der Waals surface area contributed by atoms with Crippen molar-refractivity contribution in [3.05, 3.63) is 74.7 Å². The van der Waals surface area contributed by atoms with Gasteiger partial charge >= 0.3 is 10.9 Å². The molecule has 0 unspecified atom stereocenters. The highest BCUT2D eigenvalue weighted by molar-refractivity contribution is 8.00. The van der Waals surface area contributed by atoms with Crippen LogP contribution in [0.2, 0.25) is 0 Å². The lowest BCUT2D eigenvalue weighted by Gasteiger charge is -2.30. The number of fused-ring (bicyclic) bond motifs is 2. The zero-order chi connectivity index (χ0) is 27.4. The molecule has 5 rings (SSSR count). The fraction of sp³-hybridized carbons (Fsp3) is 0.174. The largest absolute Gasteiger partial charge is 0.351 e. The number of likely N-dealkylation sites (tertiary alicyclic amines) is 1. The maximum Gasteiger partial charge on any atom is 0.328 e. The van der Waals surface area contributed by atoms with Crippen LogP contribution < -0.4 is 21.1 Å². The van der Waals surface area contributed by atoms with Crippen molar-refractivity contribution in [2.75, 3.05) is 5.32 Å². The van der Waals surface area contributed by atoms with E-state index in [-0.39, 0.29) is 10.6 Å². The Bertz CT molecular complexity index is 1650. The summed E-state index contributed by atoms with van der Waals surface area (Å²) >= 11 is 1.81. The normalized spacial score (nSPS) is 20.7. The lowest BCUT2D eigenvalue weighted by Crippen LogP contribution is -2.41. The second-order valence-electron chi connectivity index (χ2n) is 8.54. The van der Waals surface area contributed by atoms with Gasteiger partial charge in [0.05, 0.1) is 15.8 Å². The Morgan fingerprint density at radius 2 is 1.63 bits per heavy atom. The number of primary sulfonamides is 1. The molecule has 0 bridgehead atoms. The number of nitrogens with zero attached hydrogens (tertiary/aromatic N) is 2. The Hall–Kier alpha value is -3.79. The van der Waals surface area contributed by atoms with Gasteiger partial charge in [0.25, 0.3) is 5.91 Å². The van der Waals surface area contributed by atoms with Gasteiger partial charge in [-0.3, -0.25) is 23.7 Å². The maximum absolute atomic E-state index is 13.1. The van der Waals surface area contributed by atoms with Crippen LogP contribution >= 0.6 is 23.1 Å². The predicted molar refractivity (Wildman–Crippen MR) is 138 cm³/mol. The highest BCUT2D eigenvalue weighted by atomic mass is 32.2. The molecule has 1 saturated heterocycles. The molecule has 0 aliphatic carbocycles. The summed E-state index contributed by atoms with van der Waals surface area (Å²) in [5.74, 6) is -3.73. The standard InChI is InChI=1S/C23H19N5O7S3/c24-22(32)28-19(30)16-15(11-4-2-1-3-5-11)18-21(36-17(16)20(28)31)27(23(33)37-18)10-14(29)26-12-6-8-13(9-7-12)38(25,34)35/h1-9,15-17H,10H2,(H2,24,32)(H,26,29)(H2,25,34,35)/t15-,16+,17-/m0/s1. The molecule has 12 nitrogen and oxygen atoms in total. The first-order valence-corrected chi connectivity index (χ1v) is 14.3. The van der Waals surface area contributed by atoms with E-state index in [4.69, 9.17) is 10.9 Å². The van der Waals surface area contributed by atoms with Crippen molar-refractivity contribution in [2.24, 2.45) is 16.8 Å². The SMILES string of the molecule is NC(=O)N1C(=O)[C@@H]2[C@H](c3ccccc3)c3sc(=O)n(CC(=O)Nc4ccc(S(N)(=O)=O)cc4)c3S[C@@H]2C1=O. The van der Waals surface area contributed by atoms with Gasteiger partial charge in [-0.25, -0.2) is 18.4 Å². The molecule has 3 atom stereocenters. The van der Waals surface area contributed by atoms with Gasteiger partial charge in [-0.15, -0.1) is 0 Å². The zero-order valence-corrected chi connectivity index (χ0v) is 21.7. The number of benzene rings is 2. The topological polar surface area (TPSA) is 192 Å². The maximum atomic E-state index is 13.1. The average molecular weight is 574 g/mol. The third kappa shape index (κ3) is 4.42. The number of rotatable bonds is 5. The van der Waals surface area contributed by atoms with Crippen LogP contribution in [0.25, 0.3) is 0 Å². The number of aromatic nitrogens is 1. The Balaban J connectivity index is 1.50. The van der Waals surface area contributed by atoms with Crippen molar-refractivity contribution in [3.8, 4) is 0 Å². The van der Waals surface area contributed by atoms with Crippen molar-refractivity contribution in [2.45, 2.75) is 27.6 Å². The van der Waals surface area contributed by atoms with Crippen molar-refractivity contribution >= 4 is 62.6 Å². The number of imide groups is 3. The molecular formula is C23H19N5O7S3. The number of anilines is 1.